The molecule has 0 radical (unpaired) electrons. The Hall–Kier alpha value is -2.17. The molecule has 3 rings (SSSR count). The average Bonchev–Trinajstić information content (AvgIpc) is 2.91. The van der Waals surface area contributed by atoms with Gasteiger partial charge in [-0.3, -0.25) is 4.79 Å². The number of carbonyl (C=O) groups excluding carboxylic acids is 1. The van der Waals surface area contributed by atoms with Crippen LogP contribution in [0.5, 0.6) is 0 Å². The van der Waals surface area contributed by atoms with Crippen LogP contribution in [0.1, 0.15) is 24.8 Å². The molecule has 1 amide bonds. The molecule has 0 bridgehead atoms. The van der Waals surface area contributed by atoms with Crippen molar-refractivity contribution in [2.45, 2.75) is 19.3 Å². The lowest BCUT2D eigenvalue weighted by Gasteiger charge is -2.06. The van der Waals surface area contributed by atoms with E-state index in [1.165, 1.54) is 12.5 Å². The Bertz CT molecular complexity index is 572. The molecule has 1 aromatic rings. The van der Waals surface area contributed by atoms with Crippen molar-refractivity contribution in [2.75, 3.05) is 5.32 Å². The Balaban J connectivity index is 1.64. The summed E-state index contributed by atoms with van der Waals surface area (Å²) in [5.74, 6) is 0.830. The molecule has 5 heteroatoms. The van der Waals surface area contributed by atoms with E-state index >= 15 is 0 Å². The number of carbonyl (C=O) groups is 2. The number of nitrogens with zero attached hydrogens (tertiary/aromatic N) is 1. The SMILES string of the molecule is O=C(O)/C=C/c1ccnc(NC(=O)C2C3CCCC32)c1. The van der Waals surface area contributed by atoms with Gasteiger partial charge in [0.2, 0.25) is 5.91 Å². The van der Waals surface area contributed by atoms with Crippen LogP contribution in [0.25, 0.3) is 6.08 Å². The Kier molecular flexibility index (Phi) is 3.26. The number of nitrogens with one attached hydrogen (secondary N) is 1. The second-order valence-corrected chi connectivity index (χ2v) is 5.42. The number of pyridine rings is 1. The summed E-state index contributed by atoms with van der Waals surface area (Å²) in [7, 11) is 0. The number of hydrogen-bond donors (Lipinski definition) is 2. The molecule has 2 saturated carbocycles. The normalized spacial score (nSPS) is 27.3. The molecule has 2 unspecified atom stereocenters. The molecule has 104 valence electrons. The maximum atomic E-state index is 12.1. The fraction of sp³-hybridized carbons (Fsp3) is 0.400. The van der Waals surface area contributed by atoms with Gasteiger partial charge in [0.1, 0.15) is 5.82 Å². The third-order valence-electron chi connectivity index (χ3n) is 4.16. The highest BCUT2D eigenvalue weighted by Crippen LogP contribution is 2.57. The maximum absolute atomic E-state index is 12.1. The van der Waals surface area contributed by atoms with E-state index in [0.717, 1.165) is 18.9 Å². The van der Waals surface area contributed by atoms with E-state index in [1.54, 1.807) is 18.3 Å². The van der Waals surface area contributed by atoms with E-state index in [4.69, 9.17) is 5.11 Å². The standard InChI is InChI=1S/C15H16N2O3/c18-13(19)5-4-9-6-7-16-12(8-9)17-15(20)14-10-2-1-3-11(10)14/h4-8,10-11,14H,1-3H2,(H,18,19)(H,16,17,20)/b5-4+. The van der Waals surface area contributed by atoms with Crippen LogP contribution in [-0.2, 0) is 9.59 Å². The summed E-state index contributed by atoms with van der Waals surface area (Å²) >= 11 is 0. The summed E-state index contributed by atoms with van der Waals surface area (Å²) in [5, 5.41) is 11.4. The molecule has 1 heterocycles. The Labute approximate surface area is 116 Å². The van der Waals surface area contributed by atoms with Crippen molar-refractivity contribution < 1.29 is 14.7 Å². The van der Waals surface area contributed by atoms with Crippen molar-refractivity contribution >= 4 is 23.8 Å². The average molecular weight is 272 g/mol. The van der Waals surface area contributed by atoms with Crippen LogP contribution >= 0.6 is 0 Å². The van der Waals surface area contributed by atoms with E-state index in [-0.39, 0.29) is 11.8 Å². The number of anilines is 1. The van der Waals surface area contributed by atoms with Crippen LogP contribution in [0.4, 0.5) is 5.82 Å². The van der Waals surface area contributed by atoms with E-state index in [1.807, 2.05) is 0 Å². The van der Waals surface area contributed by atoms with Crippen LogP contribution in [0.2, 0.25) is 0 Å². The quantitative estimate of drug-likeness (QED) is 0.823. The van der Waals surface area contributed by atoms with Crippen LogP contribution in [0.3, 0.4) is 0 Å². The zero-order chi connectivity index (χ0) is 14.1. The van der Waals surface area contributed by atoms with E-state index < -0.39 is 5.97 Å². The minimum atomic E-state index is -1.00. The zero-order valence-corrected chi connectivity index (χ0v) is 11.0. The fourth-order valence-electron chi connectivity index (χ4n) is 3.21. The number of aliphatic carboxylic acids is 1. The summed E-state index contributed by atoms with van der Waals surface area (Å²) in [5.41, 5.74) is 0.702. The Morgan fingerprint density at radius 1 is 1.35 bits per heavy atom. The van der Waals surface area contributed by atoms with Gasteiger partial charge >= 0.3 is 5.97 Å². The third kappa shape index (κ3) is 2.57. The smallest absolute Gasteiger partial charge is 0.328 e. The highest BCUT2D eigenvalue weighted by molar-refractivity contribution is 5.94. The Morgan fingerprint density at radius 2 is 2.10 bits per heavy atom. The first-order valence-corrected chi connectivity index (χ1v) is 6.83. The summed E-state index contributed by atoms with van der Waals surface area (Å²) in [4.78, 5) is 26.7. The minimum absolute atomic E-state index is 0.0477. The first-order valence-electron chi connectivity index (χ1n) is 6.83. The topological polar surface area (TPSA) is 79.3 Å². The molecule has 0 saturated heterocycles. The number of carboxylic acids is 1. The predicted molar refractivity (Wildman–Crippen MR) is 73.9 cm³/mol. The van der Waals surface area contributed by atoms with E-state index in [2.05, 4.69) is 10.3 Å². The first-order chi connectivity index (χ1) is 9.65. The summed E-state index contributed by atoms with van der Waals surface area (Å²) in [6.07, 6.45) is 7.67. The molecule has 0 spiro atoms. The second-order valence-electron chi connectivity index (χ2n) is 5.42. The lowest BCUT2D eigenvalue weighted by Crippen LogP contribution is -2.17. The largest absolute Gasteiger partial charge is 0.478 e. The molecule has 0 aromatic carbocycles. The fourth-order valence-corrected chi connectivity index (χ4v) is 3.21. The number of hydrogen-bond acceptors (Lipinski definition) is 3. The highest BCUT2D eigenvalue weighted by atomic mass is 16.4. The number of rotatable bonds is 4. The molecular weight excluding hydrogens is 256 g/mol. The summed E-state index contributed by atoms with van der Waals surface area (Å²) < 4.78 is 0. The summed E-state index contributed by atoms with van der Waals surface area (Å²) in [6.45, 7) is 0. The molecular formula is C15H16N2O3. The van der Waals surface area contributed by atoms with E-state index in [0.29, 0.717) is 23.2 Å². The van der Waals surface area contributed by atoms with Crippen LogP contribution in [-0.4, -0.2) is 22.0 Å². The van der Waals surface area contributed by atoms with Gasteiger partial charge in [0.15, 0.2) is 0 Å². The zero-order valence-electron chi connectivity index (χ0n) is 11.0. The Morgan fingerprint density at radius 3 is 2.80 bits per heavy atom. The molecule has 2 aliphatic rings. The van der Waals surface area contributed by atoms with Gasteiger partial charge in [-0.25, -0.2) is 9.78 Å². The highest BCUT2D eigenvalue weighted by Gasteiger charge is 2.56. The van der Waals surface area contributed by atoms with Crippen molar-refractivity contribution in [1.29, 1.82) is 0 Å². The molecule has 2 aliphatic carbocycles. The molecule has 1 aromatic heterocycles. The van der Waals surface area contributed by atoms with Crippen molar-refractivity contribution in [3.8, 4) is 0 Å². The summed E-state index contributed by atoms with van der Waals surface area (Å²) in [6, 6.07) is 3.37. The van der Waals surface area contributed by atoms with Gasteiger partial charge in [-0.15, -0.1) is 0 Å². The predicted octanol–water partition coefficient (Wildman–Crippen LogP) is 2.16. The van der Waals surface area contributed by atoms with Gasteiger partial charge in [-0.2, -0.15) is 0 Å². The van der Waals surface area contributed by atoms with Gasteiger partial charge in [0.05, 0.1) is 0 Å². The van der Waals surface area contributed by atoms with Gasteiger partial charge in [-0.1, -0.05) is 6.42 Å². The van der Waals surface area contributed by atoms with Gasteiger partial charge in [-0.05, 0) is 48.4 Å². The molecule has 0 aliphatic heterocycles. The van der Waals surface area contributed by atoms with Gasteiger partial charge in [0, 0.05) is 18.2 Å². The number of carboxylic acid groups (broad SMARTS) is 1. The molecule has 5 nitrogen and oxygen atoms in total. The second kappa shape index (κ2) is 5.07. The molecule has 2 N–H and O–H groups in total. The lowest BCUT2D eigenvalue weighted by molar-refractivity contribution is -0.131. The van der Waals surface area contributed by atoms with Gasteiger partial charge < -0.3 is 10.4 Å². The lowest BCUT2D eigenvalue weighted by atomic mass is 10.1. The molecule has 2 atom stereocenters. The van der Waals surface area contributed by atoms with Crippen LogP contribution in [0.15, 0.2) is 24.4 Å². The monoisotopic (exact) mass is 272 g/mol. The molecule has 20 heavy (non-hydrogen) atoms. The van der Waals surface area contributed by atoms with Gasteiger partial charge in [0.25, 0.3) is 0 Å². The maximum Gasteiger partial charge on any atom is 0.328 e. The first kappa shape index (κ1) is 12.8. The van der Waals surface area contributed by atoms with Crippen LogP contribution in [0, 0.1) is 17.8 Å². The molecule has 2 fully saturated rings. The van der Waals surface area contributed by atoms with Crippen molar-refractivity contribution in [3.05, 3.63) is 30.0 Å². The van der Waals surface area contributed by atoms with Crippen LogP contribution < -0.4 is 5.32 Å². The number of amides is 1. The minimum Gasteiger partial charge on any atom is -0.478 e. The third-order valence-corrected chi connectivity index (χ3v) is 4.16. The van der Waals surface area contributed by atoms with E-state index in [9.17, 15) is 9.59 Å². The van der Waals surface area contributed by atoms with Crippen molar-refractivity contribution in [3.63, 3.8) is 0 Å². The number of aromatic nitrogens is 1. The van der Waals surface area contributed by atoms with Crippen molar-refractivity contribution in [2.24, 2.45) is 17.8 Å². The van der Waals surface area contributed by atoms with Crippen molar-refractivity contribution in [1.82, 2.24) is 4.98 Å². The number of fused-ring (bicyclic) bond motifs is 1.